The molecule has 0 amide bonds. The molecule has 3 fully saturated rings. The maximum absolute atomic E-state index is 11.9. The van der Waals surface area contributed by atoms with Crippen molar-refractivity contribution in [2.24, 2.45) is 5.41 Å². The molecule has 3 saturated heterocycles. The number of ether oxygens (including phenoxy) is 3. The summed E-state index contributed by atoms with van der Waals surface area (Å²) in [5, 5.41) is 0. The second-order valence-corrected chi connectivity index (χ2v) is 4.89. The van der Waals surface area contributed by atoms with Gasteiger partial charge in [-0.15, -0.1) is 0 Å². The number of hydrogen-bond donors (Lipinski definition) is 0. The number of carbonyl (C=O) groups is 2. The molecule has 1 spiro atoms. The molecule has 3 heterocycles. The average Bonchev–Trinajstić information content (AvgIpc) is 2.88. The van der Waals surface area contributed by atoms with Crippen LogP contribution in [0.3, 0.4) is 0 Å². The lowest BCUT2D eigenvalue weighted by atomic mass is 9.65. The smallest absolute Gasteiger partial charge is 0.315 e. The van der Waals surface area contributed by atoms with Gasteiger partial charge in [-0.05, 0) is 19.3 Å². The topological polar surface area (TPSA) is 61.8 Å². The minimum absolute atomic E-state index is 0.0822. The minimum atomic E-state index is -0.775. The Balaban J connectivity index is 1.96. The van der Waals surface area contributed by atoms with E-state index in [0.29, 0.717) is 13.0 Å². The predicted molar refractivity (Wildman–Crippen MR) is 51.5 cm³/mol. The molecule has 3 rings (SSSR count). The van der Waals surface area contributed by atoms with Gasteiger partial charge in [0.05, 0.1) is 19.6 Å². The molecule has 0 unspecified atom stereocenters. The Morgan fingerprint density at radius 1 is 1.62 bits per heavy atom. The van der Waals surface area contributed by atoms with E-state index in [1.807, 2.05) is 0 Å². The van der Waals surface area contributed by atoms with E-state index in [0.717, 1.165) is 12.8 Å². The van der Waals surface area contributed by atoms with Gasteiger partial charge in [-0.1, -0.05) is 0 Å². The van der Waals surface area contributed by atoms with Crippen LogP contribution in [0, 0.1) is 5.41 Å². The fourth-order valence-corrected chi connectivity index (χ4v) is 3.36. The largest absolute Gasteiger partial charge is 0.469 e. The first kappa shape index (κ1) is 10.1. The van der Waals surface area contributed by atoms with E-state index in [-0.39, 0.29) is 24.5 Å². The third-order valence-corrected chi connectivity index (χ3v) is 4.21. The van der Waals surface area contributed by atoms with Crippen LogP contribution in [0.25, 0.3) is 0 Å². The average molecular weight is 226 g/mol. The second-order valence-electron chi connectivity index (χ2n) is 4.89. The lowest BCUT2D eigenvalue weighted by molar-refractivity contribution is -0.155. The van der Waals surface area contributed by atoms with Crippen molar-refractivity contribution in [3.05, 3.63) is 0 Å². The van der Waals surface area contributed by atoms with Crippen LogP contribution < -0.4 is 0 Å². The van der Waals surface area contributed by atoms with E-state index in [9.17, 15) is 9.59 Å². The van der Waals surface area contributed by atoms with Crippen molar-refractivity contribution >= 4 is 11.9 Å². The lowest BCUT2D eigenvalue weighted by Crippen LogP contribution is -2.47. The van der Waals surface area contributed by atoms with Crippen molar-refractivity contribution in [1.82, 2.24) is 0 Å². The molecule has 0 aromatic rings. The van der Waals surface area contributed by atoms with Gasteiger partial charge in [0, 0.05) is 0 Å². The standard InChI is InChI=1S/C11H14O5/c1-14-8(12)5-10-4-7-2-3-11(10,16-7)6-15-9(10)13/h7H,2-6H2,1H3/t7-,10-,11-/m0/s1. The molecule has 0 aromatic carbocycles. The SMILES string of the molecule is COC(=O)C[C@]12C[C@@H]3CC[C@@]1(COC2=O)O3. The normalized spacial score (nSPS) is 44.3. The van der Waals surface area contributed by atoms with Gasteiger partial charge in [0.2, 0.25) is 0 Å². The molecule has 5 heteroatoms. The maximum Gasteiger partial charge on any atom is 0.315 e. The summed E-state index contributed by atoms with van der Waals surface area (Å²) >= 11 is 0. The zero-order valence-electron chi connectivity index (χ0n) is 9.15. The summed E-state index contributed by atoms with van der Waals surface area (Å²) in [5.74, 6) is -0.658. The third kappa shape index (κ3) is 0.993. The van der Waals surface area contributed by atoms with Crippen molar-refractivity contribution in [3.63, 3.8) is 0 Å². The van der Waals surface area contributed by atoms with Crippen molar-refractivity contribution in [3.8, 4) is 0 Å². The Labute approximate surface area is 93.0 Å². The van der Waals surface area contributed by atoms with E-state index < -0.39 is 11.0 Å². The highest BCUT2D eigenvalue weighted by atomic mass is 16.6. The van der Waals surface area contributed by atoms with Crippen LogP contribution in [0.4, 0.5) is 0 Å². The highest BCUT2D eigenvalue weighted by Gasteiger charge is 2.72. The van der Waals surface area contributed by atoms with E-state index in [4.69, 9.17) is 9.47 Å². The summed E-state index contributed by atoms with van der Waals surface area (Å²) in [5.41, 5.74) is -1.33. The first-order valence-electron chi connectivity index (χ1n) is 5.54. The molecule has 2 bridgehead atoms. The fourth-order valence-electron chi connectivity index (χ4n) is 3.36. The Hall–Kier alpha value is -1.10. The quantitative estimate of drug-likeness (QED) is 0.638. The number of esters is 2. The number of methoxy groups -OCH3 is 1. The predicted octanol–water partition coefficient (Wildman–Crippen LogP) is 0.414. The van der Waals surface area contributed by atoms with Gasteiger partial charge in [-0.2, -0.15) is 0 Å². The number of hydrogen-bond acceptors (Lipinski definition) is 5. The van der Waals surface area contributed by atoms with E-state index in [1.54, 1.807) is 0 Å². The van der Waals surface area contributed by atoms with E-state index in [2.05, 4.69) is 4.74 Å². The molecule has 0 radical (unpaired) electrons. The van der Waals surface area contributed by atoms with Crippen LogP contribution in [0.15, 0.2) is 0 Å². The van der Waals surface area contributed by atoms with Gasteiger partial charge in [-0.25, -0.2) is 0 Å². The Morgan fingerprint density at radius 3 is 3.12 bits per heavy atom. The van der Waals surface area contributed by atoms with Crippen LogP contribution in [-0.4, -0.2) is 37.4 Å². The molecular weight excluding hydrogens is 212 g/mol. The van der Waals surface area contributed by atoms with Crippen LogP contribution in [0.2, 0.25) is 0 Å². The Bertz CT molecular complexity index is 365. The molecule has 0 aliphatic carbocycles. The number of cyclic esters (lactones) is 1. The zero-order valence-corrected chi connectivity index (χ0v) is 9.15. The Morgan fingerprint density at radius 2 is 2.44 bits per heavy atom. The fraction of sp³-hybridized carbons (Fsp3) is 0.818. The molecule has 3 aliphatic heterocycles. The lowest BCUT2D eigenvalue weighted by Gasteiger charge is -2.32. The highest BCUT2D eigenvalue weighted by molar-refractivity contribution is 5.87. The van der Waals surface area contributed by atoms with Gasteiger partial charge in [0.1, 0.15) is 17.6 Å². The molecule has 0 N–H and O–H groups in total. The van der Waals surface area contributed by atoms with Gasteiger partial charge in [-0.3, -0.25) is 9.59 Å². The summed E-state index contributed by atoms with van der Waals surface area (Å²) in [7, 11) is 1.33. The van der Waals surface area contributed by atoms with Crippen LogP contribution in [0.5, 0.6) is 0 Å². The van der Waals surface area contributed by atoms with Crippen molar-refractivity contribution in [2.45, 2.75) is 37.4 Å². The minimum Gasteiger partial charge on any atom is -0.469 e. The van der Waals surface area contributed by atoms with Gasteiger partial charge in [0.15, 0.2) is 0 Å². The molecule has 0 aromatic heterocycles. The van der Waals surface area contributed by atoms with Crippen molar-refractivity contribution in [2.75, 3.05) is 13.7 Å². The van der Waals surface area contributed by atoms with Crippen molar-refractivity contribution < 1.29 is 23.8 Å². The summed E-state index contributed by atoms with van der Waals surface area (Å²) in [6.45, 7) is 0.291. The van der Waals surface area contributed by atoms with Gasteiger partial charge in [0.25, 0.3) is 0 Å². The summed E-state index contributed by atoms with van der Waals surface area (Å²) in [6.07, 6.45) is 2.55. The summed E-state index contributed by atoms with van der Waals surface area (Å²) < 4.78 is 15.6. The van der Waals surface area contributed by atoms with Crippen LogP contribution in [-0.2, 0) is 23.8 Å². The highest BCUT2D eigenvalue weighted by Crippen LogP contribution is 2.61. The first-order chi connectivity index (χ1) is 7.62. The first-order valence-corrected chi connectivity index (χ1v) is 5.54. The zero-order chi connectivity index (χ0) is 11.4. The molecular formula is C11H14O5. The van der Waals surface area contributed by atoms with Gasteiger partial charge < -0.3 is 14.2 Å². The summed E-state index contributed by atoms with van der Waals surface area (Å²) in [6, 6.07) is 0. The molecule has 3 aliphatic rings. The van der Waals surface area contributed by atoms with Crippen molar-refractivity contribution in [1.29, 1.82) is 0 Å². The molecule has 88 valence electrons. The van der Waals surface area contributed by atoms with Crippen LogP contribution >= 0.6 is 0 Å². The van der Waals surface area contributed by atoms with Gasteiger partial charge >= 0.3 is 11.9 Å². The molecule has 5 nitrogen and oxygen atoms in total. The maximum atomic E-state index is 11.9. The molecule has 16 heavy (non-hydrogen) atoms. The van der Waals surface area contributed by atoms with E-state index >= 15 is 0 Å². The Kier molecular flexibility index (Phi) is 1.87. The molecule has 3 atom stereocenters. The monoisotopic (exact) mass is 226 g/mol. The van der Waals surface area contributed by atoms with Crippen LogP contribution in [0.1, 0.15) is 25.7 Å². The summed E-state index contributed by atoms with van der Waals surface area (Å²) in [4.78, 5) is 23.3. The number of fused-ring (bicyclic) bond motifs is 1. The molecule has 0 saturated carbocycles. The number of rotatable bonds is 2. The second kappa shape index (κ2) is 2.97. The van der Waals surface area contributed by atoms with E-state index in [1.165, 1.54) is 7.11 Å². The number of carbonyl (C=O) groups excluding carboxylic acids is 2. The third-order valence-electron chi connectivity index (χ3n) is 4.21.